The third-order valence-electron chi connectivity index (χ3n) is 2.59. The van der Waals surface area contributed by atoms with Gasteiger partial charge in [-0.05, 0) is 25.2 Å². The molecule has 0 fully saturated rings. The van der Waals surface area contributed by atoms with E-state index in [1.54, 1.807) is 12.1 Å². The molecule has 100 valence electrons. The zero-order valence-corrected chi connectivity index (χ0v) is 12.0. The fraction of sp³-hybridized carbons (Fsp3) is 0.417. The number of likely N-dealkylation sites (N-methyl/N-ethyl adjacent to an activating group) is 1. The van der Waals surface area contributed by atoms with Crippen LogP contribution < -0.4 is 11.1 Å². The van der Waals surface area contributed by atoms with Gasteiger partial charge in [0.1, 0.15) is 0 Å². The number of nitrogens with two attached hydrogens (primary N) is 1. The maximum atomic E-state index is 11.8. The number of rotatable bonds is 5. The molecule has 0 radical (unpaired) electrons. The summed E-state index contributed by atoms with van der Waals surface area (Å²) < 4.78 is 0. The van der Waals surface area contributed by atoms with Crippen molar-refractivity contribution in [2.45, 2.75) is 13.8 Å². The van der Waals surface area contributed by atoms with Crippen LogP contribution in [0.3, 0.4) is 0 Å². The molecule has 0 spiro atoms. The van der Waals surface area contributed by atoms with E-state index in [0.29, 0.717) is 28.0 Å². The Hall–Kier alpha value is -0.970. The topological polar surface area (TPSA) is 58.4 Å². The van der Waals surface area contributed by atoms with Crippen molar-refractivity contribution in [3.05, 3.63) is 22.2 Å². The largest absolute Gasteiger partial charge is 0.399 e. The summed E-state index contributed by atoms with van der Waals surface area (Å²) in [6.45, 7) is 5.93. The van der Waals surface area contributed by atoms with Gasteiger partial charge in [0, 0.05) is 5.69 Å². The predicted octanol–water partition coefficient (Wildman–Crippen LogP) is 2.86. The van der Waals surface area contributed by atoms with E-state index in [2.05, 4.69) is 5.32 Å². The van der Waals surface area contributed by atoms with Gasteiger partial charge in [0.25, 0.3) is 0 Å². The monoisotopic (exact) mass is 289 g/mol. The molecule has 0 aromatic heterocycles. The smallest absolute Gasteiger partial charge is 0.238 e. The minimum atomic E-state index is -0.146. The lowest BCUT2D eigenvalue weighted by Crippen LogP contribution is -2.33. The Bertz CT molecular complexity index is 410. The van der Waals surface area contributed by atoms with E-state index in [1.807, 2.05) is 18.7 Å². The molecule has 4 nitrogen and oxygen atoms in total. The molecule has 1 aromatic carbocycles. The van der Waals surface area contributed by atoms with Gasteiger partial charge in [-0.3, -0.25) is 9.69 Å². The van der Waals surface area contributed by atoms with Gasteiger partial charge in [-0.25, -0.2) is 0 Å². The normalized spacial score (nSPS) is 10.7. The molecule has 18 heavy (non-hydrogen) atoms. The fourth-order valence-electron chi connectivity index (χ4n) is 1.54. The van der Waals surface area contributed by atoms with Crippen LogP contribution in [0.5, 0.6) is 0 Å². The number of halogens is 2. The van der Waals surface area contributed by atoms with Crippen molar-refractivity contribution < 1.29 is 4.79 Å². The lowest BCUT2D eigenvalue weighted by Gasteiger charge is -2.18. The molecular weight excluding hydrogens is 273 g/mol. The number of anilines is 2. The van der Waals surface area contributed by atoms with E-state index in [1.165, 1.54) is 0 Å². The van der Waals surface area contributed by atoms with E-state index in [0.717, 1.165) is 13.1 Å². The molecule has 1 rings (SSSR count). The first-order valence-corrected chi connectivity index (χ1v) is 6.50. The molecule has 0 aliphatic heterocycles. The maximum absolute atomic E-state index is 11.8. The van der Waals surface area contributed by atoms with Crippen LogP contribution in [0.2, 0.25) is 10.0 Å². The summed E-state index contributed by atoms with van der Waals surface area (Å²) in [5, 5.41) is 3.39. The minimum Gasteiger partial charge on any atom is -0.399 e. The number of hydrogen-bond donors (Lipinski definition) is 2. The first-order chi connectivity index (χ1) is 8.47. The van der Waals surface area contributed by atoms with Crippen LogP contribution >= 0.6 is 23.2 Å². The molecular formula is C12H17Cl2N3O. The van der Waals surface area contributed by atoms with E-state index >= 15 is 0 Å². The van der Waals surface area contributed by atoms with Crippen LogP contribution in [0.25, 0.3) is 0 Å². The van der Waals surface area contributed by atoms with E-state index < -0.39 is 0 Å². The summed E-state index contributed by atoms with van der Waals surface area (Å²) in [6, 6.07) is 3.11. The zero-order valence-electron chi connectivity index (χ0n) is 10.5. The average molecular weight is 290 g/mol. The third-order valence-corrected chi connectivity index (χ3v) is 3.19. The van der Waals surface area contributed by atoms with Crippen LogP contribution in [0.4, 0.5) is 11.4 Å². The highest BCUT2D eigenvalue weighted by Gasteiger charge is 2.12. The Kier molecular flexibility index (Phi) is 5.72. The van der Waals surface area contributed by atoms with Gasteiger partial charge < -0.3 is 11.1 Å². The molecule has 0 aliphatic carbocycles. The first kappa shape index (κ1) is 15.1. The van der Waals surface area contributed by atoms with Gasteiger partial charge in [-0.1, -0.05) is 37.0 Å². The van der Waals surface area contributed by atoms with Crippen LogP contribution in [0, 0.1) is 0 Å². The standard InChI is InChI=1S/C12H17Cl2N3O/c1-3-17(4-2)7-11(18)16-12-9(13)5-8(15)6-10(12)14/h5-6H,3-4,7,15H2,1-2H3,(H,16,18). The highest BCUT2D eigenvalue weighted by atomic mass is 35.5. The quantitative estimate of drug-likeness (QED) is 0.820. The molecule has 0 saturated carbocycles. The summed E-state index contributed by atoms with van der Waals surface area (Å²) in [7, 11) is 0. The lowest BCUT2D eigenvalue weighted by molar-refractivity contribution is -0.117. The molecule has 1 aromatic rings. The maximum Gasteiger partial charge on any atom is 0.238 e. The van der Waals surface area contributed by atoms with Crippen molar-refractivity contribution in [1.29, 1.82) is 0 Å². The highest BCUT2D eigenvalue weighted by molar-refractivity contribution is 6.40. The van der Waals surface area contributed by atoms with Crippen LogP contribution in [-0.4, -0.2) is 30.4 Å². The van der Waals surface area contributed by atoms with E-state index in [9.17, 15) is 4.79 Å². The SMILES string of the molecule is CCN(CC)CC(=O)Nc1c(Cl)cc(N)cc1Cl. The van der Waals surface area contributed by atoms with Crippen LogP contribution in [-0.2, 0) is 4.79 Å². The van der Waals surface area contributed by atoms with Gasteiger partial charge >= 0.3 is 0 Å². The molecule has 0 aliphatic rings. The van der Waals surface area contributed by atoms with E-state index in [-0.39, 0.29) is 5.91 Å². The van der Waals surface area contributed by atoms with Gasteiger partial charge in [0.15, 0.2) is 0 Å². The molecule has 0 unspecified atom stereocenters. The van der Waals surface area contributed by atoms with Crippen LogP contribution in [0.15, 0.2) is 12.1 Å². The molecule has 0 heterocycles. The Balaban J connectivity index is 2.76. The van der Waals surface area contributed by atoms with Gasteiger partial charge in [0.2, 0.25) is 5.91 Å². The summed E-state index contributed by atoms with van der Waals surface area (Å²) in [5.74, 6) is -0.146. The summed E-state index contributed by atoms with van der Waals surface area (Å²) in [5.41, 5.74) is 6.46. The van der Waals surface area contributed by atoms with Gasteiger partial charge in [0.05, 0.1) is 22.3 Å². The minimum absolute atomic E-state index is 0.146. The summed E-state index contributed by atoms with van der Waals surface area (Å²) in [6.07, 6.45) is 0. The number of hydrogen-bond acceptors (Lipinski definition) is 3. The number of carbonyl (C=O) groups is 1. The molecule has 0 bridgehead atoms. The summed E-state index contributed by atoms with van der Waals surface area (Å²) >= 11 is 12.0. The number of nitrogens with zero attached hydrogens (tertiary/aromatic N) is 1. The molecule has 0 saturated heterocycles. The molecule has 3 N–H and O–H groups in total. The lowest BCUT2D eigenvalue weighted by atomic mass is 10.2. The number of benzene rings is 1. The predicted molar refractivity (Wildman–Crippen MR) is 77.3 cm³/mol. The van der Waals surface area contributed by atoms with Crippen molar-refractivity contribution in [3.8, 4) is 0 Å². The number of nitrogens with one attached hydrogen (secondary N) is 1. The molecule has 0 atom stereocenters. The number of carbonyl (C=O) groups excluding carboxylic acids is 1. The first-order valence-electron chi connectivity index (χ1n) is 5.74. The van der Waals surface area contributed by atoms with Crippen molar-refractivity contribution in [1.82, 2.24) is 4.90 Å². The average Bonchev–Trinajstić information content (AvgIpc) is 2.30. The second-order valence-corrected chi connectivity index (χ2v) is 4.68. The highest BCUT2D eigenvalue weighted by Crippen LogP contribution is 2.32. The molecule has 1 amide bonds. The molecule has 6 heteroatoms. The Morgan fingerprint density at radius 1 is 1.28 bits per heavy atom. The van der Waals surface area contributed by atoms with Crippen molar-refractivity contribution >= 4 is 40.5 Å². The van der Waals surface area contributed by atoms with Crippen molar-refractivity contribution in [2.24, 2.45) is 0 Å². The zero-order chi connectivity index (χ0) is 13.7. The Morgan fingerprint density at radius 2 is 1.78 bits per heavy atom. The van der Waals surface area contributed by atoms with E-state index in [4.69, 9.17) is 28.9 Å². The fourth-order valence-corrected chi connectivity index (χ4v) is 2.14. The Morgan fingerprint density at radius 3 is 2.22 bits per heavy atom. The number of amides is 1. The van der Waals surface area contributed by atoms with Crippen molar-refractivity contribution in [2.75, 3.05) is 30.7 Å². The third kappa shape index (κ3) is 4.05. The second kappa shape index (κ2) is 6.83. The number of nitrogen functional groups attached to an aromatic ring is 1. The Labute approximate surface area is 117 Å². The van der Waals surface area contributed by atoms with Crippen LogP contribution in [0.1, 0.15) is 13.8 Å². The van der Waals surface area contributed by atoms with Gasteiger partial charge in [-0.15, -0.1) is 0 Å². The van der Waals surface area contributed by atoms with Gasteiger partial charge in [-0.2, -0.15) is 0 Å². The van der Waals surface area contributed by atoms with Crippen molar-refractivity contribution in [3.63, 3.8) is 0 Å². The summed E-state index contributed by atoms with van der Waals surface area (Å²) in [4.78, 5) is 13.8. The second-order valence-electron chi connectivity index (χ2n) is 3.87.